The zero-order chi connectivity index (χ0) is 8.93. The molecule has 2 heterocycles. The molecule has 1 N–H and O–H groups in total. The van der Waals surface area contributed by atoms with E-state index >= 15 is 0 Å². The van der Waals surface area contributed by atoms with Gasteiger partial charge in [-0.15, -0.1) is 5.98 Å². The Hall–Kier alpha value is -0.655. The maximum atomic E-state index is 4.15. The summed E-state index contributed by atoms with van der Waals surface area (Å²) >= 11 is 0. The Bertz CT molecular complexity index is 265. The zero-order valence-electron chi connectivity index (χ0n) is 8.15. The fraction of sp³-hybridized carbons (Fsp3) is 0.600. The summed E-state index contributed by atoms with van der Waals surface area (Å²) in [6.07, 6.45) is 1.28. The third-order valence-corrected chi connectivity index (χ3v) is 3.65. The van der Waals surface area contributed by atoms with Crippen LogP contribution in [0.25, 0.3) is 0 Å². The fourth-order valence-electron chi connectivity index (χ4n) is 2.50. The van der Waals surface area contributed by atoms with Crippen molar-refractivity contribution in [1.82, 2.24) is 5.32 Å². The Morgan fingerprint density at radius 1 is 1.67 bits per heavy atom. The first-order valence-corrected chi connectivity index (χ1v) is 4.69. The molecular formula is C10H16BN. The first-order chi connectivity index (χ1) is 5.57. The number of hydrogen-bond donors (Lipinski definition) is 1. The van der Waals surface area contributed by atoms with E-state index in [0.29, 0.717) is 11.5 Å². The Labute approximate surface area is 75.3 Å². The number of nitrogens with one attached hydrogen (secondary N) is 1. The van der Waals surface area contributed by atoms with Gasteiger partial charge in [-0.05, 0) is 23.3 Å². The monoisotopic (exact) mass is 161 g/mol. The van der Waals surface area contributed by atoms with Gasteiger partial charge in [-0.25, -0.2) is 0 Å². The van der Waals surface area contributed by atoms with Gasteiger partial charge < -0.3 is 5.32 Å². The fourth-order valence-corrected chi connectivity index (χ4v) is 2.50. The van der Waals surface area contributed by atoms with E-state index in [2.05, 4.69) is 39.6 Å². The van der Waals surface area contributed by atoms with Gasteiger partial charge in [0, 0.05) is 11.7 Å². The van der Waals surface area contributed by atoms with Crippen molar-refractivity contribution in [3.63, 3.8) is 0 Å². The van der Waals surface area contributed by atoms with Crippen molar-refractivity contribution in [2.75, 3.05) is 0 Å². The average Bonchev–Trinajstić information content (AvgIpc) is 2.03. The number of piperidine rings is 2. The van der Waals surface area contributed by atoms with E-state index in [0.717, 1.165) is 5.92 Å². The lowest BCUT2D eigenvalue weighted by atomic mass is 9.53. The smallest absolute Gasteiger partial charge is 0.132 e. The van der Waals surface area contributed by atoms with E-state index in [1.165, 1.54) is 17.7 Å². The van der Waals surface area contributed by atoms with Crippen molar-refractivity contribution >= 4 is 7.85 Å². The number of hydrogen-bond acceptors (Lipinski definition) is 1. The summed E-state index contributed by atoms with van der Waals surface area (Å²) in [6.45, 7) is 8.81. The van der Waals surface area contributed by atoms with Gasteiger partial charge >= 0.3 is 0 Å². The normalized spacial score (nSPS) is 40.5. The van der Waals surface area contributed by atoms with Crippen LogP contribution in [0.1, 0.15) is 20.3 Å². The summed E-state index contributed by atoms with van der Waals surface area (Å²) in [6, 6.07) is 0.680. The molecule has 64 valence electrons. The highest BCUT2D eigenvalue weighted by atomic mass is 15.0. The predicted molar refractivity (Wildman–Crippen MR) is 54.6 cm³/mol. The summed E-state index contributed by atoms with van der Waals surface area (Å²) < 4.78 is 0. The molecule has 1 nitrogen and oxygen atoms in total. The van der Waals surface area contributed by atoms with Crippen LogP contribution >= 0.6 is 0 Å². The van der Waals surface area contributed by atoms with Gasteiger partial charge in [-0.3, -0.25) is 0 Å². The minimum atomic E-state index is 0.434. The largest absolute Gasteiger partial charge is 0.382 e. The maximum Gasteiger partial charge on any atom is 0.132 e. The molecule has 1 saturated carbocycles. The Morgan fingerprint density at radius 3 is 2.75 bits per heavy atom. The first kappa shape index (κ1) is 7.97. The molecule has 2 aliphatic heterocycles. The summed E-state index contributed by atoms with van der Waals surface area (Å²) in [5.74, 6) is 2.85. The molecule has 1 aliphatic carbocycles. The second kappa shape index (κ2) is 2.18. The Balaban J connectivity index is 2.28. The van der Waals surface area contributed by atoms with Crippen LogP contribution in [0.2, 0.25) is 0 Å². The SMILES string of the molecule is B/C=C1\NC2CC(C1=C)C2(C)C. The van der Waals surface area contributed by atoms with Crippen molar-refractivity contribution in [3.8, 4) is 0 Å². The Morgan fingerprint density at radius 2 is 2.33 bits per heavy atom. The zero-order valence-corrected chi connectivity index (χ0v) is 8.15. The highest BCUT2D eigenvalue weighted by molar-refractivity contribution is 6.17. The van der Waals surface area contributed by atoms with E-state index in [-0.39, 0.29) is 0 Å². The van der Waals surface area contributed by atoms with E-state index in [1.807, 2.05) is 0 Å². The minimum absolute atomic E-state index is 0.434. The summed E-state index contributed by atoms with van der Waals surface area (Å²) in [5.41, 5.74) is 3.02. The van der Waals surface area contributed by atoms with Gasteiger partial charge in [-0.2, -0.15) is 0 Å². The van der Waals surface area contributed by atoms with Gasteiger partial charge in [0.2, 0.25) is 0 Å². The lowest BCUT2D eigenvalue weighted by Crippen LogP contribution is -2.61. The molecule has 3 rings (SSSR count). The van der Waals surface area contributed by atoms with Crippen LogP contribution in [0.3, 0.4) is 0 Å². The van der Waals surface area contributed by atoms with Gasteiger partial charge in [0.1, 0.15) is 7.85 Å². The molecule has 3 aliphatic rings. The summed E-state index contributed by atoms with van der Waals surface area (Å²) in [7, 11) is 2.07. The van der Waals surface area contributed by atoms with Crippen molar-refractivity contribution < 1.29 is 0 Å². The maximum absolute atomic E-state index is 4.15. The minimum Gasteiger partial charge on any atom is -0.382 e. The molecule has 12 heavy (non-hydrogen) atoms. The summed E-state index contributed by atoms with van der Waals surface area (Å²) in [5, 5.41) is 3.53. The Kier molecular flexibility index (Phi) is 1.45. The van der Waals surface area contributed by atoms with Crippen molar-refractivity contribution in [2.24, 2.45) is 11.3 Å². The molecule has 2 heteroatoms. The second-order valence-corrected chi connectivity index (χ2v) is 4.53. The lowest BCUT2D eigenvalue weighted by molar-refractivity contribution is 0.0280. The molecule has 0 spiro atoms. The third-order valence-electron chi connectivity index (χ3n) is 3.65. The van der Waals surface area contributed by atoms with Crippen LogP contribution in [0.15, 0.2) is 23.8 Å². The molecule has 2 bridgehead atoms. The lowest BCUT2D eigenvalue weighted by Gasteiger charge is -2.58. The van der Waals surface area contributed by atoms with Crippen LogP contribution in [0, 0.1) is 11.3 Å². The molecule has 2 unspecified atom stereocenters. The molecule has 0 amide bonds. The van der Waals surface area contributed by atoms with Crippen LogP contribution in [0.4, 0.5) is 0 Å². The van der Waals surface area contributed by atoms with E-state index in [9.17, 15) is 0 Å². The molecule has 2 atom stereocenters. The molecule has 0 aromatic rings. The quantitative estimate of drug-likeness (QED) is 0.523. The molecule has 0 aromatic carbocycles. The first-order valence-electron chi connectivity index (χ1n) is 4.69. The predicted octanol–water partition coefficient (Wildman–Crippen LogP) is 1.03. The molecule has 0 radical (unpaired) electrons. The third kappa shape index (κ3) is 0.756. The van der Waals surface area contributed by atoms with Gasteiger partial charge in [0.25, 0.3) is 0 Å². The van der Waals surface area contributed by atoms with Crippen LogP contribution in [-0.2, 0) is 0 Å². The number of fused-ring (bicyclic) bond motifs is 2. The van der Waals surface area contributed by atoms with Crippen LogP contribution in [0.5, 0.6) is 0 Å². The van der Waals surface area contributed by atoms with E-state index < -0.39 is 0 Å². The summed E-state index contributed by atoms with van der Waals surface area (Å²) in [4.78, 5) is 0. The van der Waals surface area contributed by atoms with E-state index in [1.54, 1.807) is 0 Å². The van der Waals surface area contributed by atoms with Crippen molar-refractivity contribution in [2.45, 2.75) is 26.3 Å². The second-order valence-electron chi connectivity index (χ2n) is 4.53. The highest BCUT2D eigenvalue weighted by Crippen LogP contribution is 2.54. The highest BCUT2D eigenvalue weighted by Gasteiger charge is 2.53. The number of rotatable bonds is 0. The van der Waals surface area contributed by atoms with Crippen molar-refractivity contribution in [1.29, 1.82) is 0 Å². The standard InChI is InChI=1S/C10H16BN/c1-6-7-4-9(10(7,2)3)12-8(6)5-11/h5,7,9,12H,1,4,11H2,2-3H3/b8-5-. The molecule has 3 fully saturated rings. The van der Waals surface area contributed by atoms with E-state index in [4.69, 9.17) is 0 Å². The molecular weight excluding hydrogens is 145 g/mol. The van der Waals surface area contributed by atoms with Gasteiger partial charge in [0.15, 0.2) is 0 Å². The topological polar surface area (TPSA) is 12.0 Å². The van der Waals surface area contributed by atoms with Crippen molar-refractivity contribution in [3.05, 3.63) is 23.8 Å². The van der Waals surface area contributed by atoms with Gasteiger partial charge in [-0.1, -0.05) is 20.4 Å². The number of allylic oxidation sites excluding steroid dienone is 1. The van der Waals surface area contributed by atoms with Crippen LogP contribution < -0.4 is 5.32 Å². The molecule has 0 aromatic heterocycles. The van der Waals surface area contributed by atoms with Gasteiger partial charge in [0.05, 0.1) is 0 Å². The molecule has 2 saturated heterocycles. The van der Waals surface area contributed by atoms with Crippen LogP contribution in [-0.4, -0.2) is 13.9 Å². The average molecular weight is 161 g/mol.